The van der Waals surface area contributed by atoms with Gasteiger partial charge in [0.15, 0.2) is 12.0 Å². The van der Waals surface area contributed by atoms with Crippen LogP contribution in [-0.4, -0.2) is 19.9 Å². The molecule has 84 heavy (non-hydrogen) atoms. The van der Waals surface area contributed by atoms with Crippen LogP contribution in [0, 0.1) is 68.0 Å². The van der Waals surface area contributed by atoms with E-state index in [1.165, 1.54) is 44.2 Å². The average molecular weight is 1180 g/mol. The van der Waals surface area contributed by atoms with Crippen molar-refractivity contribution in [3.8, 4) is 11.1 Å². The molecule has 3 aromatic carbocycles. The Labute approximate surface area is 524 Å². The van der Waals surface area contributed by atoms with Crippen molar-refractivity contribution in [2.45, 2.75) is 251 Å². The Bertz CT molecular complexity index is 2870. The summed E-state index contributed by atoms with van der Waals surface area (Å²) >= 11 is 3.60. The predicted octanol–water partition coefficient (Wildman–Crippen LogP) is 25.0. The molecule has 0 saturated carbocycles. The first kappa shape index (κ1) is 73.8. The Balaban J connectivity index is 0.000000277. The summed E-state index contributed by atoms with van der Waals surface area (Å²) in [4.78, 5) is 17.8. The molecule has 0 aliphatic heterocycles. The molecule has 0 radical (unpaired) electrons. The van der Waals surface area contributed by atoms with Crippen molar-refractivity contribution in [2.75, 3.05) is 0 Å². The minimum Gasteiger partial charge on any atom is -0.443 e. The van der Waals surface area contributed by atoms with Crippen LogP contribution in [0.3, 0.4) is 0 Å². The molecular formula is C77H120N4OS2. The van der Waals surface area contributed by atoms with E-state index < -0.39 is 0 Å². The molecule has 5 nitrogen and oxygen atoms in total. The van der Waals surface area contributed by atoms with Crippen LogP contribution in [0.2, 0.25) is 0 Å². The van der Waals surface area contributed by atoms with Crippen molar-refractivity contribution in [3.05, 3.63) is 153 Å². The zero-order chi connectivity index (χ0) is 64.6. The molecule has 7 rings (SSSR count). The van der Waals surface area contributed by atoms with Gasteiger partial charge in [-0.1, -0.05) is 274 Å². The second-order valence-corrected chi connectivity index (χ2v) is 36.6. The van der Waals surface area contributed by atoms with Gasteiger partial charge >= 0.3 is 0 Å². The standard InChI is InChI=1S/C21H28.C16H23NO.C14H23N.2C13H23NS/c1-20(2,3)19(21(4,5)6)18-14-12-17(13-15-18)16-10-8-7-9-11-16;1-15(2,3)14(16(4,5)6)11-7-8-13-12(9-11)17-10-18-13;1-13(2,3)12(14(4,5)6)11-8-7-9-15-10-11;2*1-9-8-15-11(14-9)10(12(2,3)4)13(5,6)7/h7-15,19H,1-6H3;7-10,14H,1-6H3;7-10,12H,1-6H3;2*8,10H,1-7H3. The summed E-state index contributed by atoms with van der Waals surface area (Å²) < 4.78 is 5.31. The molecule has 0 saturated heterocycles. The van der Waals surface area contributed by atoms with Gasteiger partial charge in [0.1, 0.15) is 5.52 Å². The predicted molar refractivity (Wildman–Crippen MR) is 372 cm³/mol. The number of aromatic nitrogens is 4. The largest absolute Gasteiger partial charge is 0.443 e. The number of fused-ring (bicyclic) bond motifs is 1. The Morgan fingerprint density at radius 3 is 1.04 bits per heavy atom. The molecule has 0 N–H and O–H groups in total. The molecule has 7 heteroatoms. The van der Waals surface area contributed by atoms with Crippen LogP contribution in [0.15, 0.2) is 119 Å². The van der Waals surface area contributed by atoms with Crippen LogP contribution >= 0.6 is 22.7 Å². The Morgan fingerprint density at radius 2 is 0.702 bits per heavy atom. The van der Waals surface area contributed by atoms with Crippen molar-refractivity contribution >= 4 is 33.8 Å². The maximum atomic E-state index is 5.31. The first-order valence-corrected chi connectivity index (χ1v) is 32.8. The molecule has 0 aliphatic rings. The van der Waals surface area contributed by atoms with Crippen molar-refractivity contribution in [1.82, 2.24) is 19.9 Å². The van der Waals surface area contributed by atoms with E-state index in [1.807, 2.05) is 24.5 Å². The third kappa shape index (κ3) is 22.4. The van der Waals surface area contributed by atoms with Gasteiger partial charge < -0.3 is 4.42 Å². The monoisotopic (exact) mass is 1180 g/mol. The normalized spacial score (nSPS) is 13.3. The highest BCUT2D eigenvalue weighted by atomic mass is 32.1. The Kier molecular flexibility index (Phi) is 24.7. The van der Waals surface area contributed by atoms with Crippen LogP contribution in [0.25, 0.3) is 22.2 Å². The smallest absolute Gasteiger partial charge is 0.181 e. The van der Waals surface area contributed by atoms with E-state index in [0.717, 1.165) is 22.5 Å². The van der Waals surface area contributed by atoms with Gasteiger partial charge in [-0.3, -0.25) is 4.98 Å². The summed E-state index contributed by atoms with van der Waals surface area (Å²) in [5.41, 5.74) is 13.4. The fraction of sp³-hybridized carbons (Fsp3) is 0.610. The third-order valence-corrected chi connectivity index (χ3v) is 17.5. The average Bonchev–Trinajstić information content (AvgIpc) is 3.98. The molecule has 0 unspecified atom stereocenters. The topological polar surface area (TPSA) is 64.7 Å². The molecule has 4 heterocycles. The van der Waals surface area contributed by atoms with E-state index in [-0.39, 0.29) is 54.1 Å². The van der Waals surface area contributed by atoms with Gasteiger partial charge in [-0.15, -0.1) is 22.7 Å². The fourth-order valence-corrected chi connectivity index (χ4v) is 17.9. The van der Waals surface area contributed by atoms with Crippen molar-refractivity contribution in [3.63, 3.8) is 0 Å². The highest BCUT2D eigenvalue weighted by Crippen LogP contribution is 2.52. The van der Waals surface area contributed by atoms with E-state index in [0.29, 0.717) is 29.6 Å². The molecule has 0 fully saturated rings. The summed E-state index contributed by atoms with van der Waals surface area (Å²) in [6.45, 7) is 73.5. The van der Waals surface area contributed by atoms with Crippen LogP contribution < -0.4 is 0 Å². The number of rotatable bonds is 6. The molecule has 466 valence electrons. The lowest BCUT2D eigenvalue weighted by Crippen LogP contribution is -2.30. The van der Waals surface area contributed by atoms with Gasteiger partial charge in [-0.25, -0.2) is 15.0 Å². The molecule has 0 spiro atoms. The van der Waals surface area contributed by atoms with Gasteiger partial charge in [0, 0.05) is 46.4 Å². The van der Waals surface area contributed by atoms with Gasteiger partial charge in [0.25, 0.3) is 0 Å². The number of oxazole rings is 1. The Hall–Kier alpha value is -4.46. The number of pyridine rings is 1. The van der Waals surface area contributed by atoms with E-state index in [4.69, 9.17) is 4.42 Å². The SMILES string of the molecule is CC(C)(C)C(c1ccc(-c2ccccc2)cc1)C(C)(C)C.CC(C)(C)C(c1ccc2ocnc2c1)C(C)(C)C.CC(C)(C)C(c1cccnc1)C(C)(C)C.Cc1csc(C(C(C)(C)C)C(C)(C)C)n1.Cc1csc(C(C(C)(C)C)C(C)(C)C)n1. The number of nitrogens with zero attached hydrogens (tertiary/aromatic N) is 4. The van der Waals surface area contributed by atoms with Crippen molar-refractivity contribution in [1.29, 1.82) is 0 Å². The molecule has 0 atom stereocenters. The number of hydrogen-bond acceptors (Lipinski definition) is 7. The highest BCUT2D eigenvalue weighted by molar-refractivity contribution is 7.10. The van der Waals surface area contributed by atoms with Gasteiger partial charge in [-0.2, -0.15) is 0 Å². The first-order valence-electron chi connectivity index (χ1n) is 31.1. The second kappa shape index (κ2) is 28.1. The van der Waals surface area contributed by atoms with Crippen LogP contribution in [0.1, 0.15) is 275 Å². The fourth-order valence-electron chi connectivity index (χ4n) is 15.1. The summed E-state index contributed by atoms with van der Waals surface area (Å²) in [5.74, 6) is 2.58. The number of hydrogen-bond donors (Lipinski definition) is 0. The zero-order valence-electron chi connectivity index (χ0n) is 59.4. The maximum Gasteiger partial charge on any atom is 0.181 e. The van der Waals surface area contributed by atoms with Crippen LogP contribution in [0.5, 0.6) is 0 Å². The number of thiazole rings is 2. The number of aryl methyl sites for hydroxylation is 2. The molecule has 0 aliphatic carbocycles. The summed E-state index contributed by atoms with van der Waals surface area (Å²) in [7, 11) is 0. The van der Waals surface area contributed by atoms with Crippen molar-refractivity contribution in [2.24, 2.45) is 54.1 Å². The molecule has 7 aromatic rings. The molecular weight excluding hydrogens is 1060 g/mol. The van der Waals surface area contributed by atoms with E-state index in [1.54, 1.807) is 22.7 Å². The van der Waals surface area contributed by atoms with Crippen LogP contribution in [-0.2, 0) is 0 Å². The lowest BCUT2D eigenvalue weighted by molar-refractivity contribution is 0.175. The molecule has 4 aromatic heterocycles. The lowest BCUT2D eigenvalue weighted by atomic mass is 9.63. The quantitative estimate of drug-likeness (QED) is 0.166. The summed E-state index contributed by atoms with van der Waals surface area (Å²) in [5, 5.41) is 6.87. The Morgan fingerprint density at radius 1 is 0.357 bits per heavy atom. The maximum absolute atomic E-state index is 5.31. The van der Waals surface area contributed by atoms with Gasteiger partial charge in [0.2, 0.25) is 0 Å². The van der Waals surface area contributed by atoms with E-state index in [2.05, 4.69) is 325 Å². The summed E-state index contributed by atoms with van der Waals surface area (Å²) in [6, 6.07) is 30.3. The minimum atomic E-state index is 0.218. The minimum absolute atomic E-state index is 0.218. The molecule has 0 bridgehead atoms. The van der Waals surface area contributed by atoms with Gasteiger partial charge in [0.05, 0.1) is 10.0 Å². The zero-order valence-corrected chi connectivity index (χ0v) is 61.0. The van der Waals surface area contributed by atoms with Gasteiger partial charge in [-0.05, 0) is 132 Å². The third-order valence-electron chi connectivity index (χ3n) is 15.5. The van der Waals surface area contributed by atoms with Crippen LogP contribution in [0.4, 0.5) is 0 Å². The summed E-state index contributed by atoms with van der Waals surface area (Å²) in [6.07, 6.45) is 5.35. The number of benzene rings is 3. The lowest BCUT2D eigenvalue weighted by Gasteiger charge is -2.41. The van der Waals surface area contributed by atoms with E-state index >= 15 is 0 Å². The first-order chi connectivity index (χ1) is 37.9. The van der Waals surface area contributed by atoms with Crippen molar-refractivity contribution < 1.29 is 4.42 Å². The molecule has 0 amide bonds. The highest BCUT2D eigenvalue weighted by Gasteiger charge is 2.41. The second-order valence-electron chi connectivity index (χ2n) is 34.8. The van der Waals surface area contributed by atoms with E-state index in [9.17, 15) is 0 Å².